The molecule has 0 bridgehead atoms. The van der Waals surface area contributed by atoms with Crippen molar-refractivity contribution in [2.75, 3.05) is 0 Å². The molecular weight excluding hydrogens is 214 g/mol. The van der Waals surface area contributed by atoms with Crippen molar-refractivity contribution in [3.63, 3.8) is 0 Å². The van der Waals surface area contributed by atoms with Crippen molar-refractivity contribution in [2.24, 2.45) is 0 Å². The van der Waals surface area contributed by atoms with Crippen molar-refractivity contribution >= 4 is 11.5 Å². The summed E-state index contributed by atoms with van der Waals surface area (Å²) in [5.74, 6) is -0.984. The molecule has 0 saturated heterocycles. The fourth-order valence-electron chi connectivity index (χ4n) is 1.08. The van der Waals surface area contributed by atoms with Gasteiger partial charge in [-0.05, 0) is 17.7 Å². The molecule has 1 aromatic rings. The van der Waals surface area contributed by atoms with E-state index in [9.17, 15) is 4.79 Å². The van der Waals surface area contributed by atoms with Gasteiger partial charge in [0.25, 0.3) is 0 Å². The molecule has 1 rings (SSSR count). The third-order valence-electron chi connectivity index (χ3n) is 1.82. The highest BCUT2D eigenvalue weighted by atomic mass is 16.4. The zero-order valence-corrected chi connectivity index (χ0v) is 10.2. The predicted molar refractivity (Wildman–Crippen MR) is 70.9 cm³/mol. The Labute approximate surface area is 102 Å². The van der Waals surface area contributed by atoms with Crippen LogP contribution in [0.5, 0.6) is 0 Å². The Morgan fingerprint density at radius 1 is 1.35 bits per heavy atom. The van der Waals surface area contributed by atoms with Crippen LogP contribution in [0.15, 0.2) is 49.7 Å². The Balaban J connectivity index is 0.00000121. The molecule has 0 spiro atoms. The van der Waals surface area contributed by atoms with Gasteiger partial charge in [-0.3, -0.25) is 4.98 Å². The van der Waals surface area contributed by atoms with E-state index in [0.29, 0.717) is 5.69 Å². The zero-order chi connectivity index (χ0) is 13.3. The van der Waals surface area contributed by atoms with E-state index >= 15 is 0 Å². The summed E-state index contributed by atoms with van der Waals surface area (Å²) in [5.41, 5.74) is 1.65. The van der Waals surface area contributed by atoms with Crippen LogP contribution in [-0.2, 0) is 0 Å². The zero-order valence-electron chi connectivity index (χ0n) is 10.2. The quantitative estimate of drug-likeness (QED) is 0.806. The maximum absolute atomic E-state index is 10.6. The molecular formula is C14H17NO2. The van der Waals surface area contributed by atoms with Gasteiger partial charge in [0, 0.05) is 6.20 Å². The fourth-order valence-corrected chi connectivity index (χ4v) is 1.08. The summed E-state index contributed by atoms with van der Waals surface area (Å²) >= 11 is 0. The highest BCUT2D eigenvalue weighted by molar-refractivity contribution is 5.87. The van der Waals surface area contributed by atoms with Crippen LogP contribution < -0.4 is 0 Å². The van der Waals surface area contributed by atoms with Crippen molar-refractivity contribution in [1.82, 2.24) is 4.98 Å². The third kappa shape index (κ3) is 4.47. The minimum Gasteiger partial charge on any atom is -0.478 e. The first-order valence-corrected chi connectivity index (χ1v) is 5.34. The number of allylic oxidation sites excluding steroid dienone is 4. The van der Waals surface area contributed by atoms with Gasteiger partial charge in [-0.1, -0.05) is 45.2 Å². The lowest BCUT2D eigenvalue weighted by molar-refractivity contribution is 0.0696. The number of carboxylic acid groups (broad SMARTS) is 1. The third-order valence-corrected chi connectivity index (χ3v) is 1.82. The van der Waals surface area contributed by atoms with E-state index in [1.165, 1.54) is 12.3 Å². The van der Waals surface area contributed by atoms with Crippen molar-refractivity contribution < 1.29 is 9.90 Å². The first-order chi connectivity index (χ1) is 8.19. The number of pyridine rings is 1. The van der Waals surface area contributed by atoms with Crippen molar-refractivity contribution in [1.29, 1.82) is 0 Å². The molecule has 1 heterocycles. The van der Waals surface area contributed by atoms with Gasteiger partial charge in [-0.2, -0.15) is 0 Å². The Morgan fingerprint density at radius 3 is 2.35 bits per heavy atom. The van der Waals surface area contributed by atoms with Gasteiger partial charge in [0.1, 0.15) is 0 Å². The monoisotopic (exact) mass is 231 g/mol. The first-order valence-electron chi connectivity index (χ1n) is 5.34. The second-order valence-electron chi connectivity index (χ2n) is 2.80. The standard InChI is InChI=1S/C12H11NO2.C2H6/c1-3-5-9(4-2)11-7-6-10(8-13-11)12(14)15;1-2/h3-8H,1-2H2,(H,14,15);1-2H3/b9-5+;. The minimum absolute atomic E-state index is 0.167. The summed E-state index contributed by atoms with van der Waals surface area (Å²) in [4.78, 5) is 14.6. The van der Waals surface area contributed by atoms with E-state index in [1.807, 2.05) is 13.8 Å². The minimum atomic E-state index is -0.984. The van der Waals surface area contributed by atoms with Gasteiger partial charge in [-0.25, -0.2) is 4.79 Å². The second-order valence-corrected chi connectivity index (χ2v) is 2.80. The van der Waals surface area contributed by atoms with Gasteiger partial charge >= 0.3 is 5.97 Å². The summed E-state index contributed by atoms with van der Waals surface area (Å²) in [6.45, 7) is 11.2. The summed E-state index contributed by atoms with van der Waals surface area (Å²) in [6.07, 6.45) is 6.35. The van der Waals surface area contributed by atoms with Crippen LogP contribution in [0.1, 0.15) is 29.9 Å². The molecule has 0 amide bonds. The number of aromatic carboxylic acids is 1. The highest BCUT2D eigenvalue weighted by Gasteiger charge is 2.03. The van der Waals surface area contributed by atoms with Crippen molar-refractivity contribution in [2.45, 2.75) is 13.8 Å². The van der Waals surface area contributed by atoms with Crippen LogP contribution in [-0.4, -0.2) is 16.1 Å². The second kappa shape index (κ2) is 8.05. The molecule has 1 aromatic heterocycles. The molecule has 1 N–H and O–H groups in total. The highest BCUT2D eigenvalue weighted by Crippen LogP contribution is 2.13. The number of nitrogens with zero attached hydrogens (tertiary/aromatic N) is 1. The smallest absolute Gasteiger partial charge is 0.337 e. The molecule has 0 fully saturated rings. The van der Waals surface area contributed by atoms with Gasteiger partial charge in [0.2, 0.25) is 0 Å². The molecule has 0 aliphatic heterocycles. The van der Waals surface area contributed by atoms with Crippen LogP contribution in [0, 0.1) is 0 Å². The summed E-state index contributed by atoms with van der Waals surface area (Å²) in [7, 11) is 0. The Kier molecular flexibility index (Phi) is 7.02. The molecule has 3 nitrogen and oxygen atoms in total. The summed E-state index contributed by atoms with van der Waals surface area (Å²) < 4.78 is 0. The van der Waals surface area contributed by atoms with Crippen LogP contribution in [0.2, 0.25) is 0 Å². The fraction of sp³-hybridized carbons (Fsp3) is 0.143. The van der Waals surface area contributed by atoms with Gasteiger partial charge in [0.05, 0.1) is 11.3 Å². The average Bonchev–Trinajstić information content (AvgIpc) is 2.38. The van der Waals surface area contributed by atoms with E-state index in [4.69, 9.17) is 5.11 Å². The normalized spacial score (nSPS) is 9.88. The lowest BCUT2D eigenvalue weighted by atomic mass is 10.1. The molecule has 90 valence electrons. The molecule has 3 heteroatoms. The molecule has 0 unspecified atom stereocenters. The topological polar surface area (TPSA) is 50.2 Å². The van der Waals surface area contributed by atoms with Crippen LogP contribution in [0.4, 0.5) is 0 Å². The van der Waals surface area contributed by atoms with E-state index in [1.54, 1.807) is 24.3 Å². The summed E-state index contributed by atoms with van der Waals surface area (Å²) in [6, 6.07) is 3.14. The molecule has 0 radical (unpaired) electrons. The van der Waals surface area contributed by atoms with Crippen LogP contribution >= 0.6 is 0 Å². The first kappa shape index (κ1) is 14.8. The van der Waals surface area contributed by atoms with E-state index < -0.39 is 5.97 Å². The lowest BCUT2D eigenvalue weighted by Gasteiger charge is -2.00. The Hall–Kier alpha value is -2.16. The molecule has 0 aliphatic carbocycles. The van der Waals surface area contributed by atoms with E-state index in [2.05, 4.69) is 18.1 Å². The number of hydrogen-bond donors (Lipinski definition) is 1. The average molecular weight is 231 g/mol. The molecule has 17 heavy (non-hydrogen) atoms. The van der Waals surface area contributed by atoms with Crippen molar-refractivity contribution in [3.8, 4) is 0 Å². The molecule has 0 aliphatic rings. The summed E-state index contributed by atoms with van der Waals surface area (Å²) in [5, 5.41) is 8.68. The number of carbonyl (C=O) groups is 1. The van der Waals surface area contributed by atoms with Gasteiger partial charge < -0.3 is 5.11 Å². The van der Waals surface area contributed by atoms with Crippen LogP contribution in [0.25, 0.3) is 5.57 Å². The van der Waals surface area contributed by atoms with Gasteiger partial charge in [0.15, 0.2) is 0 Å². The number of carboxylic acids is 1. The molecule has 0 aromatic carbocycles. The van der Waals surface area contributed by atoms with Crippen molar-refractivity contribution in [3.05, 3.63) is 61.0 Å². The van der Waals surface area contributed by atoms with E-state index in [-0.39, 0.29) is 5.56 Å². The molecule has 0 atom stereocenters. The Bertz CT molecular complexity index is 416. The largest absolute Gasteiger partial charge is 0.478 e. The van der Waals surface area contributed by atoms with Gasteiger partial charge in [-0.15, -0.1) is 0 Å². The number of hydrogen-bond acceptors (Lipinski definition) is 2. The predicted octanol–water partition coefficient (Wildman–Crippen LogP) is 3.56. The maximum atomic E-state index is 10.6. The lowest BCUT2D eigenvalue weighted by Crippen LogP contribution is -1.97. The number of rotatable bonds is 4. The molecule has 0 saturated carbocycles. The number of aromatic nitrogens is 1. The SMILES string of the molecule is C=C/C=C(\C=C)c1ccc(C(=O)O)cn1.CC. The van der Waals surface area contributed by atoms with Crippen LogP contribution in [0.3, 0.4) is 0 Å². The maximum Gasteiger partial charge on any atom is 0.337 e. The Morgan fingerprint density at radius 2 is 2.00 bits per heavy atom. The van der Waals surface area contributed by atoms with E-state index in [0.717, 1.165) is 5.57 Å².